The van der Waals surface area contributed by atoms with E-state index in [-0.39, 0.29) is 11.7 Å². The number of amides is 1. The third kappa shape index (κ3) is 2.28. The van der Waals surface area contributed by atoms with Crippen molar-refractivity contribution in [3.63, 3.8) is 0 Å². The second kappa shape index (κ2) is 4.70. The standard InChI is InChI=1S/C14H13NO2/c1-2-5-14(17)15-12-8-3-7-11-10(12)6-4-9-13(11)16/h2-9,16H,1H3,(H,15,17). The van der Waals surface area contributed by atoms with Crippen LogP contribution in [0.4, 0.5) is 5.69 Å². The van der Waals surface area contributed by atoms with E-state index in [1.165, 1.54) is 6.08 Å². The minimum Gasteiger partial charge on any atom is -0.507 e. The highest BCUT2D eigenvalue weighted by molar-refractivity contribution is 6.07. The Morgan fingerprint density at radius 1 is 1.18 bits per heavy atom. The first kappa shape index (κ1) is 11.2. The maximum atomic E-state index is 11.5. The molecule has 3 nitrogen and oxygen atoms in total. The number of carbonyl (C=O) groups is 1. The Labute approximate surface area is 99.4 Å². The number of phenols is 1. The van der Waals surface area contributed by atoms with Crippen LogP contribution in [-0.2, 0) is 4.79 Å². The van der Waals surface area contributed by atoms with E-state index >= 15 is 0 Å². The SMILES string of the molecule is CC=CC(=O)Nc1cccc2c(O)cccc12. The summed E-state index contributed by atoms with van der Waals surface area (Å²) < 4.78 is 0. The van der Waals surface area contributed by atoms with Crippen molar-refractivity contribution in [3.05, 3.63) is 48.6 Å². The first-order chi connectivity index (χ1) is 8.22. The zero-order valence-electron chi connectivity index (χ0n) is 9.47. The van der Waals surface area contributed by atoms with Gasteiger partial charge in [-0.3, -0.25) is 4.79 Å². The lowest BCUT2D eigenvalue weighted by atomic mass is 10.1. The normalized spacial score (nSPS) is 10.9. The summed E-state index contributed by atoms with van der Waals surface area (Å²) in [6.07, 6.45) is 3.14. The molecular weight excluding hydrogens is 214 g/mol. The van der Waals surface area contributed by atoms with Gasteiger partial charge in [-0.15, -0.1) is 0 Å². The highest BCUT2D eigenvalue weighted by atomic mass is 16.3. The minimum atomic E-state index is -0.177. The second-order valence-electron chi connectivity index (χ2n) is 3.67. The first-order valence-electron chi connectivity index (χ1n) is 5.37. The Hall–Kier alpha value is -2.29. The third-order valence-corrected chi connectivity index (χ3v) is 2.47. The number of hydrogen-bond donors (Lipinski definition) is 2. The quantitative estimate of drug-likeness (QED) is 0.774. The summed E-state index contributed by atoms with van der Waals surface area (Å²) in [4.78, 5) is 11.5. The van der Waals surface area contributed by atoms with Gasteiger partial charge < -0.3 is 10.4 Å². The van der Waals surface area contributed by atoms with Gasteiger partial charge in [0.05, 0.1) is 0 Å². The lowest BCUT2D eigenvalue weighted by Crippen LogP contribution is -2.07. The monoisotopic (exact) mass is 227 g/mol. The van der Waals surface area contributed by atoms with E-state index in [1.54, 1.807) is 31.2 Å². The van der Waals surface area contributed by atoms with Crippen molar-refractivity contribution in [3.8, 4) is 5.75 Å². The van der Waals surface area contributed by atoms with Crippen molar-refractivity contribution in [1.29, 1.82) is 0 Å². The largest absolute Gasteiger partial charge is 0.507 e. The zero-order chi connectivity index (χ0) is 12.3. The molecule has 3 heteroatoms. The van der Waals surface area contributed by atoms with Gasteiger partial charge >= 0.3 is 0 Å². The van der Waals surface area contributed by atoms with Gasteiger partial charge in [-0.1, -0.05) is 30.3 Å². The molecule has 0 bridgehead atoms. The van der Waals surface area contributed by atoms with Crippen LogP contribution in [0.25, 0.3) is 10.8 Å². The van der Waals surface area contributed by atoms with Crippen molar-refractivity contribution in [1.82, 2.24) is 0 Å². The Morgan fingerprint density at radius 2 is 1.88 bits per heavy atom. The summed E-state index contributed by atoms with van der Waals surface area (Å²) in [6.45, 7) is 1.79. The summed E-state index contributed by atoms with van der Waals surface area (Å²) in [5.74, 6) is 0.0352. The van der Waals surface area contributed by atoms with Crippen LogP contribution in [0.1, 0.15) is 6.92 Å². The summed E-state index contributed by atoms with van der Waals surface area (Å²) in [7, 11) is 0. The van der Waals surface area contributed by atoms with Crippen molar-refractivity contribution in [2.45, 2.75) is 6.92 Å². The van der Waals surface area contributed by atoms with E-state index in [9.17, 15) is 9.90 Å². The summed E-state index contributed by atoms with van der Waals surface area (Å²) >= 11 is 0. The highest BCUT2D eigenvalue weighted by Gasteiger charge is 2.05. The molecule has 0 aliphatic carbocycles. The molecule has 0 saturated heterocycles. The van der Waals surface area contributed by atoms with E-state index in [2.05, 4.69) is 5.32 Å². The number of fused-ring (bicyclic) bond motifs is 1. The van der Waals surface area contributed by atoms with Crippen LogP contribution < -0.4 is 5.32 Å². The Kier molecular flexibility index (Phi) is 3.10. The predicted octanol–water partition coefficient (Wildman–Crippen LogP) is 3.06. The summed E-state index contributed by atoms with van der Waals surface area (Å²) in [5, 5.41) is 14.0. The smallest absolute Gasteiger partial charge is 0.248 e. The highest BCUT2D eigenvalue weighted by Crippen LogP contribution is 2.29. The Bertz CT molecular complexity index is 588. The predicted molar refractivity (Wildman–Crippen MR) is 69.1 cm³/mol. The molecule has 0 saturated carbocycles. The molecule has 0 aliphatic heterocycles. The van der Waals surface area contributed by atoms with E-state index < -0.39 is 0 Å². The van der Waals surface area contributed by atoms with Crippen LogP contribution in [0, 0.1) is 0 Å². The molecular formula is C14H13NO2. The van der Waals surface area contributed by atoms with Crippen molar-refractivity contribution in [2.24, 2.45) is 0 Å². The number of benzene rings is 2. The number of carbonyl (C=O) groups excluding carboxylic acids is 1. The topological polar surface area (TPSA) is 49.3 Å². The fourth-order valence-electron chi connectivity index (χ4n) is 1.73. The second-order valence-corrected chi connectivity index (χ2v) is 3.67. The number of anilines is 1. The fourth-order valence-corrected chi connectivity index (χ4v) is 1.73. The van der Waals surface area contributed by atoms with Crippen molar-refractivity contribution in [2.75, 3.05) is 5.32 Å². The van der Waals surface area contributed by atoms with Gasteiger partial charge in [0.1, 0.15) is 5.75 Å². The van der Waals surface area contributed by atoms with Gasteiger partial charge in [0.15, 0.2) is 0 Å². The molecule has 0 aliphatic rings. The molecule has 0 unspecified atom stereocenters. The van der Waals surface area contributed by atoms with Crippen LogP contribution in [0.2, 0.25) is 0 Å². The van der Waals surface area contributed by atoms with Crippen LogP contribution in [0.5, 0.6) is 5.75 Å². The zero-order valence-corrected chi connectivity index (χ0v) is 9.47. The Morgan fingerprint density at radius 3 is 2.65 bits per heavy atom. The van der Waals surface area contributed by atoms with Crippen molar-refractivity contribution < 1.29 is 9.90 Å². The van der Waals surface area contributed by atoms with E-state index in [0.29, 0.717) is 5.69 Å². The number of hydrogen-bond acceptors (Lipinski definition) is 2. The molecule has 0 radical (unpaired) electrons. The average molecular weight is 227 g/mol. The van der Waals surface area contributed by atoms with E-state index in [0.717, 1.165) is 10.8 Å². The first-order valence-corrected chi connectivity index (χ1v) is 5.37. The van der Waals surface area contributed by atoms with Crippen LogP contribution >= 0.6 is 0 Å². The molecule has 2 aromatic rings. The van der Waals surface area contributed by atoms with Gasteiger partial charge in [-0.05, 0) is 25.1 Å². The molecule has 0 atom stereocenters. The van der Waals surface area contributed by atoms with Gasteiger partial charge in [-0.25, -0.2) is 0 Å². The molecule has 2 N–H and O–H groups in total. The van der Waals surface area contributed by atoms with Crippen LogP contribution in [0.3, 0.4) is 0 Å². The summed E-state index contributed by atoms with van der Waals surface area (Å²) in [5.41, 5.74) is 0.696. The van der Waals surface area contributed by atoms with Gasteiger partial charge in [-0.2, -0.15) is 0 Å². The molecule has 0 aromatic heterocycles. The van der Waals surface area contributed by atoms with Gasteiger partial charge in [0.25, 0.3) is 0 Å². The summed E-state index contributed by atoms with van der Waals surface area (Å²) in [6, 6.07) is 10.7. The molecule has 0 heterocycles. The molecule has 86 valence electrons. The number of phenolic OH excluding ortho intramolecular Hbond substituents is 1. The molecule has 2 rings (SSSR count). The van der Waals surface area contributed by atoms with Gasteiger partial charge in [0, 0.05) is 16.5 Å². The molecule has 0 fully saturated rings. The van der Waals surface area contributed by atoms with Gasteiger partial charge in [0.2, 0.25) is 5.91 Å². The van der Waals surface area contributed by atoms with E-state index in [4.69, 9.17) is 0 Å². The van der Waals surface area contributed by atoms with Crippen LogP contribution in [0.15, 0.2) is 48.6 Å². The number of allylic oxidation sites excluding steroid dienone is 1. The molecule has 17 heavy (non-hydrogen) atoms. The molecule has 1 amide bonds. The lowest BCUT2D eigenvalue weighted by Gasteiger charge is -2.07. The van der Waals surface area contributed by atoms with Crippen LogP contribution in [-0.4, -0.2) is 11.0 Å². The molecule has 0 spiro atoms. The average Bonchev–Trinajstić information content (AvgIpc) is 2.31. The molecule has 2 aromatic carbocycles. The lowest BCUT2D eigenvalue weighted by molar-refractivity contribution is -0.111. The number of nitrogens with one attached hydrogen (secondary N) is 1. The third-order valence-electron chi connectivity index (χ3n) is 2.47. The maximum absolute atomic E-state index is 11.5. The number of aromatic hydroxyl groups is 1. The Balaban J connectivity index is 2.48. The fraction of sp³-hybridized carbons (Fsp3) is 0.0714. The minimum absolute atomic E-state index is 0.177. The number of rotatable bonds is 2. The van der Waals surface area contributed by atoms with Crippen molar-refractivity contribution >= 4 is 22.4 Å². The maximum Gasteiger partial charge on any atom is 0.248 e. The van der Waals surface area contributed by atoms with E-state index in [1.807, 2.05) is 18.2 Å².